The Morgan fingerprint density at radius 1 is 0.902 bits per heavy atom. The number of hydrogen-bond acceptors (Lipinski definition) is 4. The lowest BCUT2D eigenvalue weighted by Crippen LogP contribution is -2.29. The number of Topliss-reactive ketones (excluding diaryl/α,β-unsaturated/α-hetero) is 1. The predicted molar refractivity (Wildman–Crippen MR) is 164 cm³/mol. The number of benzene rings is 3. The van der Waals surface area contributed by atoms with E-state index in [0.29, 0.717) is 39.2 Å². The van der Waals surface area contributed by atoms with E-state index in [9.17, 15) is 9.59 Å². The lowest BCUT2D eigenvalue weighted by atomic mass is 10.1. The second-order valence-electron chi connectivity index (χ2n) is 9.91. The quantitative estimate of drug-likeness (QED) is 0.169. The maximum atomic E-state index is 13.3. The van der Waals surface area contributed by atoms with Crippen LogP contribution < -0.4 is 9.64 Å². The molecule has 0 saturated carbocycles. The second kappa shape index (κ2) is 12.2. The molecule has 0 bridgehead atoms. The molecule has 0 fully saturated rings. The Morgan fingerprint density at radius 2 is 1.68 bits per heavy atom. The Morgan fingerprint density at radius 3 is 2.46 bits per heavy atom. The summed E-state index contributed by atoms with van der Waals surface area (Å²) in [6, 6.07) is 26.3. The number of pyridine rings is 1. The first-order valence-electron chi connectivity index (χ1n) is 13.2. The lowest BCUT2D eigenvalue weighted by molar-refractivity contribution is -0.117. The number of ether oxygens (including phenoxy) is 1. The van der Waals surface area contributed by atoms with Crippen molar-refractivity contribution in [2.24, 2.45) is 7.05 Å². The summed E-state index contributed by atoms with van der Waals surface area (Å²) in [5, 5.41) is 1.74. The molecule has 0 aliphatic rings. The minimum Gasteiger partial charge on any atom is -0.487 e. The summed E-state index contributed by atoms with van der Waals surface area (Å²) in [4.78, 5) is 32.4. The molecule has 2 heterocycles. The normalized spacial score (nSPS) is 11.0. The summed E-state index contributed by atoms with van der Waals surface area (Å²) in [6.07, 6.45) is 0.392. The highest BCUT2D eigenvalue weighted by molar-refractivity contribution is 6.38. The number of halogens is 2. The van der Waals surface area contributed by atoms with E-state index in [0.717, 1.165) is 27.9 Å². The maximum Gasteiger partial charge on any atom is 0.232 e. The predicted octanol–water partition coefficient (Wildman–Crippen LogP) is 7.40. The molecule has 3 aromatic carbocycles. The van der Waals surface area contributed by atoms with E-state index in [1.54, 1.807) is 36.9 Å². The third-order valence-corrected chi connectivity index (χ3v) is 7.92. The van der Waals surface area contributed by atoms with Gasteiger partial charge in [-0.25, -0.2) is 4.98 Å². The van der Waals surface area contributed by atoms with E-state index in [1.165, 1.54) is 4.90 Å². The van der Waals surface area contributed by atoms with Crippen LogP contribution >= 0.6 is 23.2 Å². The molecule has 8 heteroatoms. The van der Waals surface area contributed by atoms with Crippen molar-refractivity contribution in [2.75, 3.05) is 11.9 Å². The van der Waals surface area contributed by atoms with Crippen molar-refractivity contribution in [2.45, 2.75) is 26.4 Å². The SMILES string of the molecule is Cc1ccc2cccc(OCc3c(Cl)ccc(N(C)C(=O)Cc4ccc(C(=O)Cc5ccccc5)n4C)c3Cl)c2n1. The zero-order valence-corrected chi connectivity index (χ0v) is 24.5. The molecular weight excluding hydrogens is 557 g/mol. The Kier molecular flexibility index (Phi) is 8.43. The standard InChI is InChI=1S/C33H29Cl2N3O3/c1-21-12-13-23-10-7-11-30(33(23)36-21)41-20-25-26(34)15-17-28(32(25)35)38(3)31(40)19-24-14-16-27(37(24)2)29(39)18-22-8-5-4-6-9-22/h4-17H,18-20H2,1-3H3. The molecule has 0 aliphatic carbocycles. The summed E-state index contributed by atoms with van der Waals surface area (Å²) in [5.74, 6) is 0.431. The van der Waals surface area contributed by atoms with Gasteiger partial charge < -0.3 is 14.2 Å². The van der Waals surface area contributed by atoms with Crippen molar-refractivity contribution >= 4 is 51.5 Å². The number of hydrogen-bond donors (Lipinski definition) is 0. The summed E-state index contributed by atoms with van der Waals surface area (Å²) in [5.41, 5.74) is 4.96. The monoisotopic (exact) mass is 585 g/mol. The van der Waals surface area contributed by atoms with Crippen LogP contribution in [0, 0.1) is 6.92 Å². The fraction of sp³-hybridized carbons (Fsp3) is 0.182. The van der Waals surface area contributed by atoms with Gasteiger partial charge in [-0.05, 0) is 48.9 Å². The number of rotatable bonds is 9. The molecule has 0 unspecified atom stereocenters. The molecule has 2 aromatic heterocycles. The number of carbonyl (C=O) groups is 2. The number of aromatic nitrogens is 2. The number of nitrogens with zero attached hydrogens (tertiary/aromatic N) is 3. The van der Waals surface area contributed by atoms with Crippen LogP contribution in [0.25, 0.3) is 10.9 Å². The number of amides is 1. The molecule has 1 amide bonds. The largest absolute Gasteiger partial charge is 0.487 e. The average molecular weight is 587 g/mol. The molecule has 0 radical (unpaired) electrons. The van der Waals surface area contributed by atoms with Gasteiger partial charge in [-0.2, -0.15) is 0 Å². The number of fused-ring (bicyclic) bond motifs is 1. The van der Waals surface area contributed by atoms with Gasteiger partial charge in [0.25, 0.3) is 0 Å². The number of carbonyl (C=O) groups excluding carboxylic acids is 2. The van der Waals surface area contributed by atoms with Crippen molar-refractivity contribution in [1.82, 2.24) is 9.55 Å². The van der Waals surface area contributed by atoms with E-state index >= 15 is 0 Å². The first-order valence-corrected chi connectivity index (χ1v) is 13.9. The van der Waals surface area contributed by atoms with Crippen LogP contribution in [0.1, 0.15) is 33.0 Å². The minimum absolute atomic E-state index is 0.00676. The lowest BCUT2D eigenvalue weighted by Gasteiger charge is -2.21. The van der Waals surface area contributed by atoms with Gasteiger partial charge in [0.2, 0.25) is 5.91 Å². The smallest absolute Gasteiger partial charge is 0.232 e. The van der Waals surface area contributed by atoms with Crippen molar-refractivity contribution in [3.63, 3.8) is 0 Å². The topological polar surface area (TPSA) is 64.4 Å². The molecule has 6 nitrogen and oxygen atoms in total. The van der Waals surface area contributed by atoms with Gasteiger partial charge in [-0.1, -0.05) is 71.7 Å². The van der Waals surface area contributed by atoms with Gasteiger partial charge in [0, 0.05) is 47.9 Å². The molecule has 5 rings (SSSR count). The molecular formula is C33H29Cl2N3O3. The number of para-hydroxylation sites is 1. The van der Waals surface area contributed by atoms with Gasteiger partial charge in [0.15, 0.2) is 5.78 Å². The maximum absolute atomic E-state index is 13.3. The average Bonchev–Trinajstić information content (AvgIpc) is 3.32. The number of likely N-dealkylation sites (N-methyl/N-ethyl adjacent to an activating group) is 1. The van der Waals surface area contributed by atoms with Crippen molar-refractivity contribution < 1.29 is 14.3 Å². The Bertz CT molecular complexity index is 1750. The number of aryl methyl sites for hydroxylation is 1. The van der Waals surface area contributed by atoms with E-state index in [4.69, 9.17) is 27.9 Å². The highest BCUT2D eigenvalue weighted by Gasteiger charge is 2.21. The van der Waals surface area contributed by atoms with Crippen LogP contribution in [-0.2, 0) is 31.3 Å². The van der Waals surface area contributed by atoms with Gasteiger partial charge >= 0.3 is 0 Å². The first-order chi connectivity index (χ1) is 19.7. The van der Waals surface area contributed by atoms with Crippen LogP contribution in [-0.4, -0.2) is 28.3 Å². The fourth-order valence-electron chi connectivity index (χ4n) is 4.75. The molecule has 0 atom stereocenters. The summed E-state index contributed by atoms with van der Waals surface area (Å²) < 4.78 is 7.90. The summed E-state index contributed by atoms with van der Waals surface area (Å²) in [6.45, 7) is 2.03. The molecule has 0 spiro atoms. The van der Waals surface area contributed by atoms with Crippen molar-refractivity contribution in [3.8, 4) is 5.75 Å². The number of ketones is 1. The van der Waals surface area contributed by atoms with E-state index < -0.39 is 0 Å². The van der Waals surface area contributed by atoms with Crippen molar-refractivity contribution in [1.29, 1.82) is 0 Å². The number of anilines is 1. The van der Waals surface area contributed by atoms with Gasteiger partial charge in [0.05, 0.1) is 22.8 Å². The fourth-order valence-corrected chi connectivity index (χ4v) is 5.36. The van der Waals surface area contributed by atoms with Crippen LogP contribution in [0.4, 0.5) is 5.69 Å². The van der Waals surface area contributed by atoms with Crippen molar-refractivity contribution in [3.05, 3.63) is 123 Å². The molecule has 0 N–H and O–H groups in total. The van der Waals surface area contributed by atoms with E-state index in [2.05, 4.69) is 4.98 Å². The third kappa shape index (κ3) is 6.14. The van der Waals surface area contributed by atoms with Crippen LogP contribution in [0.5, 0.6) is 5.75 Å². The van der Waals surface area contributed by atoms with E-state index in [1.807, 2.05) is 73.7 Å². The second-order valence-corrected chi connectivity index (χ2v) is 10.7. The Balaban J connectivity index is 1.31. The highest BCUT2D eigenvalue weighted by atomic mass is 35.5. The third-order valence-electron chi connectivity index (χ3n) is 7.15. The molecule has 0 saturated heterocycles. The Hall–Kier alpha value is -4.13. The molecule has 208 valence electrons. The zero-order valence-electron chi connectivity index (χ0n) is 23.0. The minimum atomic E-state index is -0.182. The first kappa shape index (κ1) is 28.4. The zero-order chi connectivity index (χ0) is 29.1. The van der Waals surface area contributed by atoms with Crippen LogP contribution in [0.15, 0.2) is 84.9 Å². The van der Waals surface area contributed by atoms with Crippen LogP contribution in [0.3, 0.4) is 0 Å². The molecule has 5 aromatic rings. The van der Waals surface area contributed by atoms with Crippen LogP contribution in [0.2, 0.25) is 10.0 Å². The van der Waals surface area contributed by atoms with Gasteiger partial charge in [-0.3, -0.25) is 9.59 Å². The highest BCUT2D eigenvalue weighted by Crippen LogP contribution is 2.35. The Labute approximate surface area is 249 Å². The summed E-state index contributed by atoms with van der Waals surface area (Å²) in [7, 11) is 3.47. The summed E-state index contributed by atoms with van der Waals surface area (Å²) >= 11 is 13.3. The van der Waals surface area contributed by atoms with Gasteiger partial charge in [0.1, 0.15) is 17.9 Å². The van der Waals surface area contributed by atoms with Gasteiger partial charge in [-0.15, -0.1) is 0 Å². The van der Waals surface area contributed by atoms with E-state index in [-0.39, 0.29) is 24.7 Å². The molecule has 41 heavy (non-hydrogen) atoms. The molecule has 0 aliphatic heterocycles.